The van der Waals surface area contributed by atoms with E-state index in [4.69, 9.17) is 16.3 Å². The molecule has 6 heteroatoms. The van der Waals surface area contributed by atoms with E-state index in [-0.39, 0.29) is 0 Å². The lowest BCUT2D eigenvalue weighted by Crippen LogP contribution is -2.05. The summed E-state index contributed by atoms with van der Waals surface area (Å²) < 4.78 is 9.06. The van der Waals surface area contributed by atoms with Gasteiger partial charge in [0.15, 0.2) is 0 Å². The van der Waals surface area contributed by atoms with Crippen LogP contribution in [0.2, 0.25) is 5.15 Å². The van der Waals surface area contributed by atoms with Crippen LogP contribution in [0.4, 0.5) is 0 Å². The molecule has 0 aliphatic rings. The quantitative estimate of drug-likeness (QED) is 0.634. The molecule has 0 unspecified atom stereocenters. The highest BCUT2D eigenvalue weighted by Crippen LogP contribution is 2.26. The highest BCUT2D eigenvalue weighted by Gasteiger charge is 2.13. The number of esters is 1. The maximum absolute atomic E-state index is 11.6. The van der Waals surface area contributed by atoms with Crippen molar-refractivity contribution in [1.29, 1.82) is 0 Å². The molecule has 0 aliphatic heterocycles. The van der Waals surface area contributed by atoms with Crippen molar-refractivity contribution in [3.05, 3.63) is 34.4 Å². The molecular weight excluding hydrogens is 260 g/mol. The number of hydrogen-bond acceptors (Lipinski definition) is 5. The fourth-order valence-electron chi connectivity index (χ4n) is 1.31. The molecule has 17 heavy (non-hydrogen) atoms. The molecule has 0 N–H and O–H groups in total. The Balaban J connectivity index is 2.40. The second-order valence-corrected chi connectivity index (χ2v) is 4.19. The van der Waals surface area contributed by atoms with Crippen LogP contribution in [0.15, 0.2) is 23.7 Å². The minimum atomic E-state index is -0.409. The van der Waals surface area contributed by atoms with Crippen LogP contribution in [-0.2, 0) is 4.74 Å². The first-order valence-corrected chi connectivity index (χ1v) is 6.17. The van der Waals surface area contributed by atoms with E-state index in [0.717, 1.165) is 0 Å². The minimum absolute atomic E-state index is 0.323. The van der Waals surface area contributed by atoms with Crippen LogP contribution in [-0.4, -0.2) is 21.9 Å². The van der Waals surface area contributed by atoms with Gasteiger partial charge in [-0.3, -0.25) is 0 Å². The van der Waals surface area contributed by atoms with Gasteiger partial charge in [0.2, 0.25) is 0 Å². The molecule has 2 aromatic heterocycles. The number of rotatable bonds is 3. The van der Waals surface area contributed by atoms with E-state index >= 15 is 0 Å². The van der Waals surface area contributed by atoms with Crippen molar-refractivity contribution in [2.75, 3.05) is 6.61 Å². The van der Waals surface area contributed by atoms with Gasteiger partial charge >= 0.3 is 5.97 Å². The summed E-state index contributed by atoms with van der Waals surface area (Å²) in [5, 5.41) is 2.16. The second-order valence-electron chi connectivity index (χ2n) is 3.17. The summed E-state index contributed by atoms with van der Waals surface area (Å²) in [4.78, 5) is 15.5. The molecule has 2 rings (SSSR count). The van der Waals surface area contributed by atoms with E-state index in [1.165, 1.54) is 17.7 Å². The van der Waals surface area contributed by atoms with Crippen LogP contribution in [0, 0.1) is 0 Å². The lowest BCUT2D eigenvalue weighted by Gasteiger charge is -2.04. The predicted molar refractivity (Wildman–Crippen MR) is 66.3 cm³/mol. The Bertz CT molecular complexity index is 528. The predicted octanol–water partition coefficient (Wildman–Crippen LogP) is 3.04. The third kappa shape index (κ3) is 2.62. The van der Waals surface area contributed by atoms with Crippen molar-refractivity contribution >= 4 is 29.1 Å². The molecule has 0 aromatic carbocycles. The van der Waals surface area contributed by atoms with Crippen LogP contribution >= 0.6 is 23.1 Å². The van der Waals surface area contributed by atoms with E-state index in [9.17, 15) is 4.79 Å². The average molecular weight is 269 g/mol. The summed E-state index contributed by atoms with van der Waals surface area (Å²) in [6, 6.07) is 3.46. The van der Waals surface area contributed by atoms with Crippen LogP contribution < -0.4 is 0 Å². The molecule has 0 radical (unpaired) electrons. The van der Waals surface area contributed by atoms with E-state index in [1.54, 1.807) is 13.0 Å². The summed E-state index contributed by atoms with van der Waals surface area (Å²) in [5.74, 6) is -0.409. The zero-order chi connectivity index (χ0) is 12.3. The van der Waals surface area contributed by atoms with Gasteiger partial charge < -0.3 is 4.74 Å². The first kappa shape index (κ1) is 12.0. The molecule has 88 valence electrons. The molecule has 2 aromatic rings. The number of pyridine rings is 1. The van der Waals surface area contributed by atoms with Gasteiger partial charge in [-0.2, -0.15) is 4.37 Å². The Kier molecular flexibility index (Phi) is 3.71. The van der Waals surface area contributed by atoms with Gasteiger partial charge in [-0.05, 0) is 30.6 Å². The van der Waals surface area contributed by atoms with Gasteiger partial charge in [0, 0.05) is 17.1 Å². The number of halogens is 1. The standard InChI is InChI=1S/C11H9ClN2O2S/c1-2-16-11(15)7-5-8(10(12)13-6-7)9-3-4-17-14-9/h3-6H,2H2,1H3. The summed E-state index contributed by atoms with van der Waals surface area (Å²) in [6.07, 6.45) is 1.40. The Morgan fingerprint density at radius 2 is 2.41 bits per heavy atom. The molecule has 0 aliphatic carbocycles. The van der Waals surface area contributed by atoms with Gasteiger partial charge in [-0.25, -0.2) is 9.78 Å². The average Bonchev–Trinajstić information content (AvgIpc) is 2.83. The van der Waals surface area contributed by atoms with E-state index in [0.29, 0.717) is 28.6 Å². The Labute approximate surface area is 107 Å². The number of aromatic nitrogens is 2. The van der Waals surface area contributed by atoms with Crippen molar-refractivity contribution in [2.24, 2.45) is 0 Å². The molecule has 4 nitrogen and oxygen atoms in total. The van der Waals surface area contributed by atoms with E-state index < -0.39 is 5.97 Å². The summed E-state index contributed by atoms with van der Waals surface area (Å²) in [7, 11) is 0. The molecule has 0 saturated carbocycles. The van der Waals surface area contributed by atoms with Gasteiger partial charge in [0.05, 0.1) is 17.9 Å². The molecule has 0 atom stereocenters. The zero-order valence-corrected chi connectivity index (χ0v) is 10.6. The summed E-state index contributed by atoms with van der Waals surface area (Å²) in [6.45, 7) is 2.08. The largest absolute Gasteiger partial charge is 0.462 e. The summed E-state index contributed by atoms with van der Waals surface area (Å²) in [5.41, 5.74) is 1.72. The Hall–Kier alpha value is -1.46. The third-order valence-electron chi connectivity index (χ3n) is 2.06. The van der Waals surface area contributed by atoms with Crippen molar-refractivity contribution in [1.82, 2.24) is 9.36 Å². The normalized spacial score (nSPS) is 10.2. The van der Waals surface area contributed by atoms with Crippen LogP contribution in [0.3, 0.4) is 0 Å². The monoisotopic (exact) mass is 268 g/mol. The molecule has 0 amide bonds. The molecule has 0 bridgehead atoms. The molecule has 0 saturated heterocycles. The van der Waals surface area contributed by atoms with Gasteiger partial charge in [0.25, 0.3) is 0 Å². The lowest BCUT2D eigenvalue weighted by atomic mass is 10.1. The number of ether oxygens (including phenoxy) is 1. The first-order chi connectivity index (χ1) is 8.22. The first-order valence-electron chi connectivity index (χ1n) is 4.95. The van der Waals surface area contributed by atoms with Crippen LogP contribution in [0.5, 0.6) is 0 Å². The Morgan fingerprint density at radius 3 is 3.06 bits per heavy atom. The number of nitrogens with zero attached hydrogens (tertiary/aromatic N) is 2. The van der Waals surface area contributed by atoms with E-state index in [1.807, 2.05) is 11.4 Å². The fourth-order valence-corrected chi connectivity index (χ4v) is 2.03. The van der Waals surface area contributed by atoms with E-state index in [2.05, 4.69) is 9.36 Å². The third-order valence-corrected chi connectivity index (χ3v) is 2.93. The Morgan fingerprint density at radius 1 is 1.59 bits per heavy atom. The summed E-state index contributed by atoms with van der Waals surface area (Å²) >= 11 is 7.29. The fraction of sp³-hybridized carbons (Fsp3) is 0.182. The van der Waals surface area contributed by atoms with Crippen LogP contribution in [0.1, 0.15) is 17.3 Å². The number of carbonyl (C=O) groups excluding carboxylic acids is 1. The van der Waals surface area contributed by atoms with Gasteiger partial charge in [-0.15, -0.1) is 0 Å². The van der Waals surface area contributed by atoms with Gasteiger partial charge in [0.1, 0.15) is 5.15 Å². The van der Waals surface area contributed by atoms with Crippen molar-refractivity contribution in [3.63, 3.8) is 0 Å². The maximum Gasteiger partial charge on any atom is 0.339 e. The van der Waals surface area contributed by atoms with Crippen LogP contribution in [0.25, 0.3) is 11.3 Å². The highest BCUT2D eigenvalue weighted by atomic mass is 35.5. The second kappa shape index (κ2) is 5.25. The van der Waals surface area contributed by atoms with Gasteiger partial charge in [-0.1, -0.05) is 11.6 Å². The molecule has 2 heterocycles. The topological polar surface area (TPSA) is 52.1 Å². The van der Waals surface area contributed by atoms with Crippen molar-refractivity contribution < 1.29 is 9.53 Å². The zero-order valence-electron chi connectivity index (χ0n) is 9.01. The molecular formula is C11H9ClN2O2S. The SMILES string of the molecule is CCOC(=O)c1cnc(Cl)c(-c2ccsn2)c1. The van der Waals surface area contributed by atoms with Crippen molar-refractivity contribution in [3.8, 4) is 11.3 Å². The maximum atomic E-state index is 11.6. The highest BCUT2D eigenvalue weighted by molar-refractivity contribution is 7.03. The molecule has 0 fully saturated rings. The lowest BCUT2D eigenvalue weighted by molar-refractivity contribution is 0.0526. The number of carbonyl (C=O) groups is 1. The van der Waals surface area contributed by atoms with Crippen molar-refractivity contribution in [2.45, 2.75) is 6.92 Å². The smallest absolute Gasteiger partial charge is 0.339 e. The number of hydrogen-bond donors (Lipinski definition) is 0. The minimum Gasteiger partial charge on any atom is -0.462 e. The molecule has 0 spiro atoms.